The lowest BCUT2D eigenvalue weighted by molar-refractivity contribution is 0.0660. The van der Waals surface area contributed by atoms with E-state index in [1.165, 1.54) is 28.6 Å². The monoisotopic (exact) mass is 394 g/mol. The van der Waals surface area contributed by atoms with E-state index in [1.54, 1.807) is 12.1 Å². The highest BCUT2D eigenvalue weighted by Crippen LogP contribution is 2.21. The van der Waals surface area contributed by atoms with E-state index in [1.807, 2.05) is 0 Å². The molecule has 1 amide bonds. The fraction of sp³-hybridized carbons (Fsp3) is 0.294. The topological polar surface area (TPSA) is 126 Å². The van der Waals surface area contributed by atoms with Crippen molar-refractivity contribution in [3.8, 4) is 0 Å². The van der Waals surface area contributed by atoms with Crippen LogP contribution in [0.3, 0.4) is 0 Å². The van der Waals surface area contributed by atoms with Crippen LogP contribution in [-0.4, -0.2) is 56.0 Å². The molecule has 27 heavy (non-hydrogen) atoms. The zero-order valence-corrected chi connectivity index (χ0v) is 15.1. The van der Waals surface area contributed by atoms with E-state index >= 15 is 0 Å². The molecule has 1 aromatic heterocycles. The molecule has 0 spiro atoms. The number of carbonyl (C=O) groups is 2. The SMILES string of the molecule is O=C(O)c1ccc(CNC(=O)c2ccccc2S(=O)(=O)N2CCOCC2)o1. The van der Waals surface area contributed by atoms with Crippen molar-refractivity contribution in [3.63, 3.8) is 0 Å². The molecule has 9 nitrogen and oxygen atoms in total. The van der Waals surface area contributed by atoms with E-state index in [9.17, 15) is 18.0 Å². The molecule has 0 saturated carbocycles. The predicted octanol–water partition coefficient (Wildman–Crippen LogP) is 0.929. The van der Waals surface area contributed by atoms with Crippen molar-refractivity contribution in [2.24, 2.45) is 0 Å². The van der Waals surface area contributed by atoms with Crippen LogP contribution in [0.2, 0.25) is 0 Å². The number of benzene rings is 1. The number of morpholine rings is 1. The number of sulfonamides is 1. The Morgan fingerprint density at radius 3 is 2.48 bits per heavy atom. The van der Waals surface area contributed by atoms with Crippen LogP contribution in [0, 0.1) is 0 Å². The molecule has 0 bridgehead atoms. The van der Waals surface area contributed by atoms with E-state index < -0.39 is 21.9 Å². The summed E-state index contributed by atoms with van der Waals surface area (Å²) >= 11 is 0. The summed E-state index contributed by atoms with van der Waals surface area (Å²) in [6, 6.07) is 8.64. The van der Waals surface area contributed by atoms with Gasteiger partial charge in [-0.25, -0.2) is 13.2 Å². The van der Waals surface area contributed by atoms with Gasteiger partial charge in [0, 0.05) is 13.1 Å². The van der Waals surface area contributed by atoms with Gasteiger partial charge in [0.15, 0.2) is 0 Å². The number of amides is 1. The highest BCUT2D eigenvalue weighted by Gasteiger charge is 2.30. The second-order valence-electron chi connectivity index (χ2n) is 5.77. The number of ether oxygens (including phenoxy) is 1. The average molecular weight is 394 g/mol. The molecule has 0 unspecified atom stereocenters. The second kappa shape index (κ2) is 7.91. The highest BCUT2D eigenvalue weighted by molar-refractivity contribution is 7.89. The first-order valence-electron chi connectivity index (χ1n) is 8.17. The zero-order valence-electron chi connectivity index (χ0n) is 14.3. The van der Waals surface area contributed by atoms with Crippen LogP contribution in [0.1, 0.15) is 26.7 Å². The lowest BCUT2D eigenvalue weighted by Crippen LogP contribution is -2.41. The Morgan fingerprint density at radius 1 is 1.11 bits per heavy atom. The largest absolute Gasteiger partial charge is 0.475 e. The molecule has 3 rings (SSSR count). The standard InChI is InChI=1S/C17H18N2O7S/c20-16(18-11-12-5-6-14(26-12)17(21)22)13-3-1-2-4-15(13)27(23,24)19-7-9-25-10-8-19/h1-6H,7-11H2,(H,18,20)(H,21,22). The Bertz CT molecular complexity index is 946. The number of carbonyl (C=O) groups excluding carboxylic acids is 1. The minimum Gasteiger partial charge on any atom is -0.475 e. The number of hydrogen-bond acceptors (Lipinski definition) is 6. The normalized spacial score (nSPS) is 15.4. The van der Waals surface area contributed by atoms with Gasteiger partial charge in [-0.2, -0.15) is 4.31 Å². The number of aromatic carboxylic acids is 1. The average Bonchev–Trinajstić information content (AvgIpc) is 3.16. The molecule has 2 heterocycles. The Morgan fingerprint density at radius 2 is 1.81 bits per heavy atom. The summed E-state index contributed by atoms with van der Waals surface area (Å²) in [4.78, 5) is 23.3. The number of furan rings is 1. The minimum atomic E-state index is -3.84. The number of carboxylic acid groups (broad SMARTS) is 1. The fourth-order valence-corrected chi connectivity index (χ4v) is 4.25. The summed E-state index contributed by atoms with van der Waals surface area (Å²) in [6.07, 6.45) is 0. The van der Waals surface area contributed by atoms with Gasteiger partial charge in [0.05, 0.1) is 30.2 Å². The van der Waals surface area contributed by atoms with E-state index in [0.29, 0.717) is 13.2 Å². The van der Waals surface area contributed by atoms with Gasteiger partial charge in [0.25, 0.3) is 5.91 Å². The summed E-state index contributed by atoms with van der Waals surface area (Å²) in [5.74, 6) is -1.81. The van der Waals surface area contributed by atoms with Gasteiger partial charge in [-0.15, -0.1) is 0 Å². The molecule has 1 aliphatic heterocycles. The molecule has 1 aromatic carbocycles. The maximum atomic E-state index is 12.9. The maximum absolute atomic E-state index is 12.9. The minimum absolute atomic E-state index is 0.00834. The molecule has 0 aliphatic carbocycles. The molecular weight excluding hydrogens is 376 g/mol. The number of rotatable bonds is 6. The first-order chi connectivity index (χ1) is 12.9. The van der Waals surface area contributed by atoms with Crippen LogP contribution >= 0.6 is 0 Å². The van der Waals surface area contributed by atoms with Crippen molar-refractivity contribution in [3.05, 3.63) is 53.5 Å². The van der Waals surface area contributed by atoms with E-state index in [-0.39, 0.29) is 41.6 Å². The molecule has 0 atom stereocenters. The first-order valence-corrected chi connectivity index (χ1v) is 9.61. The summed E-state index contributed by atoms with van der Waals surface area (Å²) in [5.41, 5.74) is 0.00834. The van der Waals surface area contributed by atoms with Crippen molar-refractivity contribution in [1.29, 1.82) is 0 Å². The third kappa shape index (κ3) is 4.18. The van der Waals surface area contributed by atoms with Gasteiger partial charge in [0.2, 0.25) is 15.8 Å². The third-order valence-corrected chi connectivity index (χ3v) is 5.97. The van der Waals surface area contributed by atoms with Crippen LogP contribution in [0.5, 0.6) is 0 Å². The summed E-state index contributed by atoms with van der Waals surface area (Å²) in [6.45, 7) is 0.985. The number of nitrogens with zero attached hydrogens (tertiary/aromatic N) is 1. The number of nitrogens with one attached hydrogen (secondary N) is 1. The van der Waals surface area contributed by atoms with E-state index in [4.69, 9.17) is 14.3 Å². The van der Waals surface area contributed by atoms with Crippen LogP contribution in [0.25, 0.3) is 0 Å². The van der Waals surface area contributed by atoms with Gasteiger partial charge in [-0.1, -0.05) is 12.1 Å². The zero-order chi connectivity index (χ0) is 19.4. The van der Waals surface area contributed by atoms with Gasteiger partial charge in [-0.3, -0.25) is 4.79 Å². The number of carboxylic acids is 1. The Balaban J connectivity index is 1.78. The summed E-state index contributed by atoms with van der Waals surface area (Å²) in [5, 5.41) is 11.4. The Kier molecular flexibility index (Phi) is 5.59. The first kappa shape index (κ1) is 19.1. The molecule has 10 heteroatoms. The third-order valence-electron chi connectivity index (χ3n) is 4.02. The molecule has 2 N–H and O–H groups in total. The van der Waals surface area contributed by atoms with Crippen LogP contribution < -0.4 is 5.32 Å². The van der Waals surface area contributed by atoms with Crippen molar-refractivity contribution in [2.75, 3.05) is 26.3 Å². The molecule has 1 aliphatic rings. The quantitative estimate of drug-likeness (QED) is 0.746. The molecule has 144 valence electrons. The second-order valence-corrected chi connectivity index (χ2v) is 7.67. The van der Waals surface area contributed by atoms with Gasteiger partial charge in [-0.05, 0) is 24.3 Å². The fourth-order valence-electron chi connectivity index (χ4n) is 2.66. The molecule has 1 saturated heterocycles. The van der Waals surface area contributed by atoms with Crippen LogP contribution in [-0.2, 0) is 21.3 Å². The Hall–Kier alpha value is -2.69. The molecule has 2 aromatic rings. The summed E-state index contributed by atoms with van der Waals surface area (Å²) in [7, 11) is -3.84. The van der Waals surface area contributed by atoms with E-state index in [0.717, 1.165) is 0 Å². The van der Waals surface area contributed by atoms with Crippen molar-refractivity contribution in [1.82, 2.24) is 9.62 Å². The molecular formula is C17H18N2O7S. The molecule has 1 fully saturated rings. The molecule has 0 radical (unpaired) electrons. The van der Waals surface area contributed by atoms with Crippen LogP contribution in [0.15, 0.2) is 45.7 Å². The lowest BCUT2D eigenvalue weighted by atomic mass is 10.2. The van der Waals surface area contributed by atoms with Gasteiger partial charge >= 0.3 is 5.97 Å². The van der Waals surface area contributed by atoms with Crippen molar-refractivity contribution in [2.45, 2.75) is 11.4 Å². The van der Waals surface area contributed by atoms with Crippen molar-refractivity contribution < 1.29 is 32.3 Å². The number of hydrogen-bond donors (Lipinski definition) is 2. The van der Waals surface area contributed by atoms with Crippen LogP contribution in [0.4, 0.5) is 0 Å². The Labute approximate surface area is 155 Å². The van der Waals surface area contributed by atoms with Gasteiger partial charge in [0.1, 0.15) is 5.76 Å². The van der Waals surface area contributed by atoms with Gasteiger partial charge < -0.3 is 19.6 Å². The summed E-state index contributed by atoms with van der Waals surface area (Å²) < 4.78 is 37.3. The predicted molar refractivity (Wildman–Crippen MR) is 92.9 cm³/mol. The van der Waals surface area contributed by atoms with Crippen molar-refractivity contribution >= 4 is 21.9 Å². The maximum Gasteiger partial charge on any atom is 0.371 e. The van der Waals surface area contributed by atoms with E-state index in [2.05, 4.69) is 5.32 Å². The smallest absolute Gasteiger partial charge is 0.371 e. The highest BCUT2D eigenvalue weighted by atomic mass is 32.2. The lowest BCUT2D eigenvalue weighted by Gasteiger charge is -2.26.